The molecule has 0 bridgehead atoms. The van der Waals surface area contributed by atoms with E-state index in [4.69, 9.17) is 10.5 Å². The fourth-order valence-electron chi connectivity index (χ4n) is 3.02. The summed E-state index contributed by atoms with van der Waals surface area (Å²) in [5, 5.41) is 2.91. The van der Waals surface area contributed by atoms with Crippen molar-refractivity contribution in [3.05, 3.63) is 34.4 Å². The number of primary amides is 1. The predicted molar refractivity (Wildman–Crippen MR) is 88.3 cm³/mol. The zero-order chi connectivity index (χ0) is 17.0. The molecular weight excluding hydrogens is 294 g/mol. The molecule has 0 aliphatic carbocycles. The standard InChI is InChI=1S/C17H25N3O3/c1-11-8-12(2)14(13(3)9-11)4-5-19-17(22)20-6-7-23-15(10-20)16(18)21/h8-9,15H,4-7,10H2,1-3H3,(H2,18,21)(H,19,22)/t15-/m0/s1. The van der Waals surface area contributed by atoms with Crippen LogP contribution in [-0.2, 0) is 16.0 Å². The van der Waals surface area contributed by atoms with Crippen molar-refractivity contribution in [1.29, 1.82) is 0 Å². The molecule has 1 saturated heterocycles. The van der Waals surface area contributed by atoms with Gasteiger partial charge in [0.15, 0.2) is 6.10 Å². The summed E-state index contributed by atoms with van der Waals surface area (Å²) in [4.78, 5) is 24.9. The lowest BCUT2D eigenvalue weighted by atomic mass is 9.97. The molecule has 1 fully saturated rings. The Morgan fingerprint density at radius 2 is 1.96 bits per heavy atom. The number of morpholine rings is 1. The van der Waals surface area contributed by atoms with Gasteiger partial charge in [0.2, 0.25) is 5.91 Å². The zero-order valence-electron chi connectivity index (χ0n) is 14.0. The van der Waals surface area contributed by atoms with E-state index in [1.807, 2.05) is 0 Å². The second kappa shape index (κ2) is 7.46. The van der Waals surface area contributed by atoms with E-state index in [-0.39, 0.29) is 12.6 Å². The van der Waals surface area contributed by atoms with Crippen molar-refractivity contribution in [2.24, 2.45) is 5.73 Å². The highest BCUT2D eigenvalue weighted by atomic mass is 16.5. The first kappa shape index (κ1) is 17.3. The minimum absolute atomic E-state index is 0.179. The number of hydrogen-bond donors (Lipinski definition) is 2. The number of amides is 3. The SMILES string of the molecule is Cc1cc(C)c(CCNC(=O)N2CCO[C@H](C(N)=O)C2)c(C)c1. The van der Waals surface area contributed by atoms with Crippen LogP contribution in [0.2, 0.25) is 0 Å². The van der Waals surface area contributed by atoms with Crippen molar-refractivity contribution < 1.29 is 14.3 Å². The second-order valence-corrected chi connectivity index (χ2v) is 6.07. The lowest BCUT2D eigenvalue weighted by Crippen LogP contribution is -2.53. The van der Waals surface area contributed by atoms with Gasteiger partial charge in [0.1, 0.15) is 0 Å². The molecule has 0 unspecified atom stereocenters. The van der Waals surface area contributed by atoms with Crippen molar-refractivity contribution in [3.63, 3.8) is 0 Å². The van der Waals surface area contributed by atoms with Crippen molar-refractivity contribution in [2.75, 3.05) is 26.2 Å². The van der Waals surface area contributed by atoms with E-state index in [1.165, 1.54) is 22.3 Å². The van der Waals surface area contributed by atoms with Crippen LogP contribution in [-0.4, -0.2) is 49.2 Å². The molecule has 2 rings (SSSR count). The van der Waals surface area contributed by atoms with Crippen molar-refractivity contribution in [3.8, 4) is 0 Å². The van der Waals surface area contributed by atoms with E-state index >= 15 is 0 Å². The Balaban J connectivity index is 1.87. The Kier molecular flexibility index (Phi) is 5.60. The lowest BCUT2D eigenvalue weighted by Gasteiger charge is -2.31. The fraction of sp³-hybridized carbons (Fsp3) is 0.529. The number of carbonyl (C=O) groups is 2. The summed E-state index contributed by atoms with van der Waals surface area (Å²) in [5.41, 5.74) is 10.2. The molecule has 1 aliphatic heterocycles. The first-order valence-corrected chi connectivity index (χ1v) is 7.89. The molecule has 0 spiro atoms. The first-order valence-electron chi connectivity index (χ1n) is 7.89. The molecule has 3 N–H and O–H groups in total. The zero-order valence-corrected chi connectivity index (χ0v) is 14.0. The quantitative estimate of drug-likeness (QED) is 0.870. The van der Waals surface area contributed by atoms with Crippen LogP contribution in [0.4, 0.5) is 4.79 Å². The molecule has 0 radical (unpaired) electrons. The molecule has 0 saturated carbocycles. The van der Waals surface area contributed by atoms with Crippen LogP contribution in [0.1, 0.15) is 22.3 Å². The first-order chi connectivity index (χ1) is 10.9. The monoisotopic (exact) mass is 319 g/mol. The molecule has 23 heavy (non-hydrogen) atoms. The molecule has 6 heteroatoms. The smallest absolute Gasteiger partial charge is 0.317 e. The number of nitrogens with zero attached hydrogens (tertiary/aromatic N) is 1. The topological polar surface area (TPSA) is 84.7 Å². The Morgan fingerprint density at radius 3 is 2.57 bits per heavy atom. The summed E-state index contributed by atoms with van der Waals surface area (Å²) < 4.78 is 5.24. The third-order valence-electron chi connectivity index (χ3n) is 4.16. The Hall–Kier alpha value is -2.08. The van der Waals surface area contributed by atoms with Gasteiger partial charge in [-0.15, -0.1) is 0 Å². The molecule has 1 aromatic carbocycles. The highest BCUT2D eigenvalue weighted by Crippen LogP contribution is 2.16. The summed E-state index contributed by atoms with van der Waals surface area (Å²) in [5.74, 6) is -0.534. The fourth-order valence-corrected chi connectivity index (χ4v) is 3.02. The molecule has 1 atom stereocenters. The second-order valence-electron chi connectivity index (χ2n) is 6.07. The van der Waals surface area contributed by atoms with E-state index in [1.54, 1.807) is 4.90 Å². The van der Waals surface area contributed by atoms with Gasteiger partial charge in [0.05, 0.1) is 13.2 Å². The van der Waals surface area contributed by atoms with Crippen LogP contribution in [0.15, 0.2) is 12.1 Å². The van der Waals surface area contributed by atoms with Crippen LogP contribution in [0, 0.1) is 20.8 Å². The van der Waals surface area contributed by atoms with Crippen LogP contribution in [0.3, 0.4) is 0 Å². The van der Waals surface area contributed by atoms with Gasteiger partial charge in [-0.25, -0.2) is 4.79 Å². The molecule has 126 valence electrons. The van der Waals surface area contributed by atoms with Crippen molar-refractivity contribution >= 4 is 11.9 Å². The normalized spacial score (nSPS) is 17.9. The number of ether oxygens (including phenoxy) is 1. The number of aryl methyl sites for hydroxylation is 3. The maximum Gasteiger partial charge on any atom is 0.317 e. The average molecular weight is 319 g/mol. The molecule has 1 aromatic rings. The number of nitrogens with two attached hydrogens (primary N) is 1. The number of rotatable bonds is 4. The molecule has 0 aromatic heterocycles. The number of benzene rings is 1. The van der Waals surface area contributed by atoms with Gasteiger partial charge in [0.25, 0.3) is 0 Å². The minimum atomic E-state index is -0.712. The summed E-state index contributed by atoms with van der Waals surface area (Å²) in [6, 6.07) is 4.13. The number of hydrogen-bond acceptors (Lipinski definition) is 3. The van der Waals surface area contributed by atoms with Gasteiger partial charge in [-0.3, -0.25) is 4.79 Å². The van der Waals surface area contributed by atoms with E-state index in [2.05, 4.69) is 38.2 Å². The summed E-state index contributed by atoms with van der Waals surface area (Å²) >= 11 is 0. The van der Waals surface area contributed by atoms with E-state index in [0.29, 0.717) is 19.7 Å². The average Bonchev–Trinajstić information content (AvgIpc) is 2.49. The van der Waals surface area contributed by atoms with Gasteiger partial charge in [-0.2, -0.15) is 0 Å². The lowest BCUT2D eigenvalue weighted by molar-refractivity contribution is -0.133. The van der Waals surface area contributed by atoms with E-state index < -0.39 is 12.0 Å². The molecular formula is C17H25N3O3. The number of carbonyl (C=O) groups excluding carboxylic acids is 2. The summed E-state index contributed by atoms with van der Waals surface area (Å²) in [7, 11) is 0. The Bertz CT molecular complexity index is 578. The summed E-state index contributed by atoms with van der Waals surface area (Å²) in [6.45, 7) is 7.84. The highest BCUT2D eigenvalue weighted by Gasteiger charge is 2.27. The van der Waals surface area contributed by atoms with Crippen molar-refractivity contribution in [1.82, 2.24) is 10.2 Å². The summed E-state index contributed by atoms with van der Waals surface area (Å²) in [6.07, 6.45) is 0.0730. The molecule has 3 amide bonds. The number of nitrogens with one attached hydrogen (secondary N) is 1. The highest BCUT2D eigenvalue weighted by molar-refractivity contribution is 5.81. The van der Waals surface area contributed by atoms with Gasteiger partial charge in [-0.05, 0) is 43.9 Å². The Labute approximate surface area is 137 Å². The van der Waals surface area contributed by atoms with Crippen LogP contribution >= 0.6 is 0 Å². The van der Waals surface area contributed by atoms with Crippen LogP contribution in [0.25, 0.3) is 0 Å². The van der Waals surface area contributed by atoms with E-state index in [9.17, 15) is 9.59 Å². The van der Waals surface area contributed by atoms with Crippen LogP contribution < -0.4 is 11.1 Å². The van der Waals surface area contributed by atoms with Gasteiger partial charge < -0.3 is 20.7 Å². The Morgan fingerprint density at radius 1 is 1.30 bits per heavy atom. The molecule has 6 nitrogen and oxygen atoms in total. The molecule has 1 aliphatic rings. The maximum absolute atomic E-state index is 12.2. The van der Waals surface area contributed by atoms with Gasteiger partial charge in [0, 0.05) is 13.1 Å². The molecule has 1 heterocycles. The predicted octanol–water partition coefficient (Wildman–Crippen LogP) is 1.05. The van der Waals surface area contributed by atoms with Gasteiger partial charge in [-0.1, -0.05) is 17.7 Å². The third-order valence-corrected chi connectivity index (χ3v) is 4.16. The van der Waals surface area contributed by atoms with Crippen molar-refractivity contribution in [2.45, 2.75) is 33.3 Å². The van der Waals surface area contributed by atoms with Crippen LogP contribution in [0.5, 0.6) is 0 Å². The van der Waals surface area contributed by atoms with E-state index in [0.717, 1.165) is 6.42 Å². The van der Waals surface area contributed by atoms with Gasteiger partial charge >= 0.3 is 6.03 Å². The largest absolute Gasteiger partial charge is 0.367 e. The minimum Gasteiger partial charge on any atom is -0.367 e. The third kappa shape index (κ3) is 4.45. The maximum atomic E-state index is 12.2. The number of urea groups is 1.